The minimum absolute atomic E-state index is 0.0486. The number of hydrogen-bond donors (Lipinski definition) is 0. The summed E-state index contributed by atoms with van der Waals surface area (Å²) in [5.41, 5.74) is 2.39. The summed E-state index contributed by atoms with van der Waals surface area (Å²) >= 11 is 15.6. The van der Waals surface area contributed by atoms with Gasteiger partial charge < -0.3 is 4.74 Å². The molecule has 0 unspecified atom stereocenters. The van der Waals surface area contributed by atoms with Crippen LogP contribution in [0.5, 0.6) is 5.75 Å². The van der Waals surface area contributed by atoms with Crippen molar-refractivity contribution in [1.82, 2.24) is 0 Å². The lowest BCUT2D eigenvalue weighted by molar-refractivity contribution is 0.0992. The van der Waals surface area contributed by atoms with Crippen molar-refractivity contribution in [3.05, 3.63) is 61.5 Å². The van der Waals surface area contributed by atoms with Gasteiger partial charge in [-0.3, -0.25) is 4.79 Å². The standard InChI is InChI=1S/C16H11BrCl2O2/c17-11-1-2-13(14(19)8-11)15(20)7-10-6-12(18)5-9-3-4-21-16(9)10/h1-2,5-6,8H,3-4,7H2. The van der Waals surface area contributed by atoms with Crippen LogP contribution in [-0.4, -0.2) is 12.4 Å². The van der Waals surface area contributed by atoms with E-state index in [4.69, 9.17) is 27.9 Å². The number of carbonyl (C=O) groups is 1. The Morgan fingerprint density at radius 1 is 1.24 bits per heavy atom. The molecule has 21 heavy (non-hydrogen) atoms. The molecule has 0 N–H and O–H groups in total. The average molecular weight is 386 g/mol. The van der Waals surface area contributed by atoms with Gasteiger partial charge in [-0.1, -0.05) is 39.1 Å². The number of carbonyl (C=O) groups excluding carboxylic acids is 1. The first kappa shape index (κ1) is 14.9. The van der Waals surface area contributed by atoms with Crippen molar-refractivity contribution in [3.8, 4) is 5.75 Å². The maximum Gasteiger partial charge on any atom is 0.168 e. The van der Waals surface area contributed by atoms with Crippen LogP contribution in [0.4, 0.5) is 0 Å². The Balaban J connectivity index is 1.92. The minimum Gasteiger partial charge on any atom is -0.493 e. The molecule has 1 heterocycles. The van der Waals surface area contributed by atoms with Crippen LogP contribution in [0, 0.1) is 0 Å². The summed E-state index contributed by atoms with van der Waals surface area (Å²) in [6.45, 7) is 0.635. The van der Waals surface area contributed by atoms with E-state index in [0.717, 1.165) is 27.8 Å². The predicted octanol–water partition coefficient (Wildman–Crippen LogP) is 5.12. The number of benzene rings is 2. The van der Waals surface area contributed by atoms with Crippen molar-refractivity contribution in [3.63, 3.8) is 0 Å². The maximum absolute atomic E-state index is 12.5. The lowest BCUT2D eigenvalue weighted by Crippen LogP contribution is -2.05. The van der Waals surface area contributed by atoms with Crippen LogP contribution in [0.15, 0.2) is 34.8 Å². The third-order valence-electron chi connectivity index (χ3n) is 3.41. The largest absolute Gasteiger partial charge is 0.493 e. The Kier molecular flexibility index (Phi) is 4.25. The molecular weight excluding hydrogens is 375 g/mol. The fourth-order valence-electron chi connectivity index (χ4n) is 2.46. The SMILES string of the molecule is O=C(Cc1cc(Cl)cc2c1OCC2)c1ccc(Br)cc1Cl. The van der Waals surface area contributed by atoms with Gasteiger partial charge in [0.25, 0.3) is 0 Å². The number of halogens is 3. The molecule has 108 valence electrons. The first-order chi connectivity index (χ1) is 10.0. The Morgan fingerprint density at radius 3 is 2.81 bits per heavy atom. The minimum atomic E-state index is -0.0486. The van der Waals surface area contributed by atoms with Crippen LogP contribution in [-0.2, 0) is 12.8 Å². The molecule has 5 heteroatoms. The van der Waals surface area contributed by atoms with Gasteiger partial charge in [0.05, 0.1) is 11.6 Å². The van der Waals surface area contributed by atoms with Gasteiger partial charge in [0, 0.05) is 33.5 Å². The molecule has 2 aromatic rings. The fourth-order valence-corrected chi connectivity index (χ4v) is 3.50. The summed E-state index contributed by atoms with van der Waals surface area (Å²) in [6, 6.07) is 8.92. The molecule has 0 saturated carbocycles. The summed E-state index contributed by atoms with van der Waals surface area (Å²) in [7, 11) is 0. The third-order valence-corrected chi connectivity index (χ3v) is 4.43. The summed E-state index contributed by atoms with van der Waals surface area (Å²) in [5, 5.41) is 1.07. The number of ketones is 1. The number of fused-ring (bicyclic) bond motifs is 1. The number of ether oxygens (including phenoxy) is 1. The van der Waals surface area contributed by atoms with Crippen molar-refractivity contribution >= 4 is 44.9 Å². The molecule has 0 aromatic heterocycles. The van der Waals surface area contributed by atoms with Gasteiger partial charge >= 0.3 is 0 Å². The second kappa shape index (κ2) is 5.99. The van der Waals surface area contributed by atoms with Crippen LogP contribution in [0.2, 0.25) is 10.0 Å². The van der Waals surface area contributed by atoms with Gasteiger partial charge in [0.1, 0.15) is 5.75 Å². The summed E-state index contributed by atoms with van der Waals surface area (Å²) in [6.07, 6.45) is 1.06. The molecular formula is C16H11BrCl2O2. The second-order valence-corrected chi connectivity index (χ2v) is 6.64. The Bertz CT molecular complexity index is 728. The van der Waals surface area contributed by atoms with Crippen molar-refractivity contribution in [1.29, 1.82) is 0 Å². The summed E-state index contributed by atoms with van der Waals surface area (Å²) < 4.78 is 6.46. The first-order valence-corrected chi connectivity index (χ1v) is 8.02. The van der Waals surface area contributed by atoms with E-state index in [1.54, 1.807) is 24.3 Å². The Morgan fingerprint density at radius 2 is 2.05 bits per heavy atom. The quantitative estimate of drug-likeness (QED) is 0.685. The molecule has 0 amide bonds. The molecule has 1 aliphatic heterocycles. The number of hydrogen-bond acceptors (Lipinski definition) is 2. The van der Waals surface area contributed by atoms with E-state index in [2.05, 4.69) is 15.9 Å². The molecule has 0 spiro atoms. The molecule has 0 aliphatic carbocycles. The summed E-state index contributed by atoms with van der Waals surface area (Å²) in [4.78, 5) is 12.5. The van der Waals surface area contributed by atoms with E-state index in [0.29, 0.717) is 22.2 Å². The molecule has 2 aromatic carbocycles. The zero-order valence-electron chi connectivity index (χ0n) is 11.0. The van der Waals surface area contributed by atoms with Gasteiger partial charge in [-0.15, -0.1) is 0 Å². The van der Waals surface area contributed by atoms with Gasteiger partial charge in [-0.2, -0.15) is 0 Å². The molecule has 0 radical (unpaired) electrons. The first-order valence-electron chi connectivity index (χ1n) is 6.47. The zero-order chi connectivity index (χ0) is 15.0. The number of rotatable bonds is 3. The molecule has 0 fully saturated rings. The Labute approximate surface area is 141 Å². The highest BCUT2D eigenvalue weighted by Crippen LogP contribution is 2.34. The van der Waals surface area contributed by atoms with Crippen LogP contribution >= 0.6 is 39.1 Å². The monoisotopic (exact) mass is 384 g/mol. The van der Waals surface area contributed by atoms with Crippen molar-refractivity contribution in [2.24, 2.45) is 0 Å². The van der Waals surface area contributed by atoms with Crippen molar-refractivity contribution < 1.29 is 9.53 Å². The van der Waals surface area contributed by atoms with E-state index in [-0.39, 0.29) is 12.2 Å². The molecule has 1 aliphatic rings. The second-order valence-electron chi connectivity index (χ2n) is 4.88. The van der Waals surface area contributed by atoms with Gasteiger partial charge in [-0.05, 0) is 35.9 Å². The zero-order valence-corrected chi connectivity index (χ0v) is 14.1. The van der Waals surface area contributed by atoms with Gasteiger partial charge in [0.2, 0.25) is 0 Å². The van der Waals surface area contributed by atoms with E-state index in [1.807, 2.05) is 6.07 Å². The molecule has 2 nitrogen and oxygen atoms in total. The van der Waals surface area contributed by atoms with Crippen LogP contribution in [0.1, 0.15) is 21.5 Å². The van der Waals surface area contributed by atoms with Crippen molar-refractivity contribution in [2.75, 3.05) is 6.61 Å². The van der Waals surface area contributed by atoms with Crippen molar-refractivity contribution in [2.45, 2.75) is 12.8 Å². The topological polar surface area (TPSA) is 26.3 Å². The highest BCUT2D eigenvalue weighted by molar-refractivity contribution is 9.10. The molecule has 3 rings (SSSR count). The van der Waals surface area contributed by atoms with E-state index >= 15 is 0 Å². The Hall–Kier alpha value is -1.03. The van der Waals surface area contributed by atoms with E-state index in [1.165, 1.54) is 0 Å². The van der Waals surface area contributed by atoms with Gasteiger partial charge in [0.15, 0.2) is 5.78 Å². The lowest BCUT2D eigenvalue weighted by Gasteiger charge is -2.09. The normalized spacial score (nSPS) is 12.9. The average Bonchev–Trinajstić information content (AvgIpc) is 2.86. The van der Waals surface area contributed by atoms with Gasteiger partial charge in [-0.25, -0.2) is 0 Å². The van der Waals surface area contributed by atoms with Crippen LogP contribution in [0.25, 0.3) is 0 Å². The highest BCUT2D eigenvalue weighted by atomic mass is 79.9. The van der Waals surface area contributed by atoms with E-state index in [9.17, 15) is 4.79 Å². The predicted molar refractivity (Wildman–Crippen MR) is 87.8 cm³/mol. The van der Waals surface area contributed by atoms with E-state index < -0.39 is 0 Å². The fraction of sp³-hybridized carbons (Fsp3) is 0.188. The molecule has 0 bridgehead atoms. The van der Waals surface area contributed by atoms with Crippen LogP contribution < -0.4 is 4.74 Å². The molecule has 0 atom stereocenters. The third kappa shape index (κ3) is 3.10. The number of Topliss-reactive ketones (excluding diaryl/α,β-unsaturated/α-hetero) is 1. The van der Waals surface area contributed by atoms with Crippen LogP contribution in [0.3, 0.4) is 0 Å². The molecule has 0 saturated heterocycles. The summed E-state index contributed by atoms with van der Waals surface area (Å²) in [5.74, 6) is 0.744. The lowest BCUT2D eigenvalue weighted by atomic mass is 10.00. The smallest absolute Gasteiger partial charge is 0.168 e. The maximum atomic E-state index is 12.5. The highest BCUT2D eigenvalue weighted by Gasteiger charge is 2.20.